The monoisotopic (exact) mass is 411 g/mol. The van der Waals surface area contributed by atoms with Gasteiger partial charge < -0.3 is 19.5 Å². The molecule has 29 heavy (non-hydrogen) atoms. The summed E-state index contributed by atoms with van der Waals surface area (Å²) in [4.78, 5) is 12.6. The van der Waals surface area contributed by atoms with E-state index in [1.54, 1.807) is 32.4 Å². The number of hydrogen-bond acceptors (Lipinski definition) is 4. The van der Waals surface area contributed by atoms with E-state index < -0.39 is 0 Å². The number of halogens is 1. The topological polar surface area (TPSA) is 56.8 Å². The molecule has 6 heteroatoms. The number of carbonyl (C=O) groups is 1. The third-order valence-corrected chi connectivity index (χ3v) is 4.48. The Morgan fingerprint density at radius 1 is 0.897 bits per heavy atom. The van der Waals surface area contributed by atoms with E-state index in [0.717, 1.165) is 11.1 Å². The molecule has 0 aliphatic rings. The number of benzene rings is 3. The molecule has 0 saturated carbocycles. The Morgan fingerprint density at radius 2 is 1.69 bits per heavy atom. The van der Waals surface area contributed by atoms with Crippen LogP contribution in [-0.4, -0.2) is 20.1 Å². The maximum absolute atomic E-state index is 12.6. The van der Waals surface area contributed by atoms with Crippen LogP contribution in [0.2, 0.25) is 5.02 Å². The number of methoxy groups -OCH3 is 2. The minimum Gasteiger partial charge on any atom is -0.493 e. The van der Waals surface area contributed by atoms with Gasteiger partial charge in [0.1, 0.15) is 6.61 Å². The maximum atomic E-state index is 12.6. The van der Waals surface area contributed by atoms with Crippen molar-refractivity contribution >= 4 is 23.2 Å². The fraction of sp³-hybridized carbons (Fsp3) is 0.174. The molecule has 0 saturated heterocycles. The molecule has 0 bridgehead atoms. The van der Waals surface area contributed by atoms with Crippen LogP contribution in [0.15, 0.2) is 66.7 Å². The van der Waals surface area contributed by atoms with E-state index in [0.29, 0.717) is 41.0 Å². The fourth-order valence-corrected chi connectivity index (χ4v) is 2.90. The predicted octanol–water partition coefficient (Wildman–Crippen LogP) is 5.33. The van der Waals surface area contributed by atoms with Crippen LogP contribution < -0.4 is 14.8 Å². The molecule has 0 fully saturated rings. The SMILES string of the molecule is COCc1cccc(NC(=O)c2ccc(OCc3ccc(Cl)cc3)c(OC)c2)c1. The minimum atomic E-state index is -0.234. The molecule has 3 aromatic carbocycles. The number of hydrogen-bond donors (Lipinski definition) is 1. The highest BCUT2D eigenvalue weighted by molar-refractivity contribution is 6.30. The van der Waals surface area contributed by atoms with E-state index in [9.17, 15) is 4.79 Å². The molecule has 0 aliphatic heterocycles. The van der Waals surface area contributed by atoms with Crippen LogP contribution in [0, 0.1) is 0 Å². The van der Waals surface area contributed by atoms with Gasteiger partial charge in [-0.15, -0.1) is 0 Å². The number of nitrogens with one attached hydrogen (secondary N) is 1. The summed E-state index contributed by atoms with van der Waals surface area (Å²) in [6.07, 6.45) is 0. The Labute approximate surface area is 175 Å². The van der Waals surface area contributed by atoms with Gasteiger partial charge in [-0.2, -0.15) is 0 Å². The van der Waals surface area contributed by atoms with Crippen molar-refractivity contribution in [1.29, 1.82) is 0 Å². The van der Waals surface area contributed by atoms with Crippen LogP contribution in [-0.2, 0) is 18.0 Å². The molecule has 3 rings (SSSR count). The predicted molar refractivity (Wildman–Crippen MR) is 114 cm³/mol. The van der Waals surface area contributed by atoms with Crippen molar-refractivity contribution in [2.45, 2.75) is 13.2 Å². The number of anilines is 1. The summed E-state index contributed by atoms with van der Waals surface area (Å²) in [5.41, 5.74) is 3.13. The molecule has 150 valence electrons. The highest BCUT2D eigenvalue weighted by Gasteiger charge is 2.12. The van der Waals surface area contributed by atoms with Crippen LogP contribution in [0.1, 0.15) is 21.5 Å². The van der Waals surface area contributed by atoms with Gasteiger partial charge in [0.05, 0.1) is 13.7 Å². The second kappa shape index (κ2) is 9.96. The largest absolute Gasteiger partial charge is 0.493 e. The van der Waals surface area contributed by atoms with Gasteiger partial charge >= 0.3 is 0 Å². The third-order valence-electron chi connectivity index (χ3n) is 4.23. The summed E-state index contributed by atoms with van der Waals surface area (Å²) >= 11 is 5.90. The lowest BCUT2D eigenvalue weighted by Crippen LogP contribution is -2.12. The number of carbonyl (C=O) groups excluding carboxylic acids is 1. The summed E-state index contributed by atoms with van der Waals surface area (Å²) in [6, 6.07) is 20.0. The highest BCUT2D eigenvalue weighted by atomic mass is 35.5. The minimum absolute atomic E-state index is 0.234. The van der Waals surface area contributed by atoms with Crippen molar-refractivity contribution in [3.63, 3.8) is 0 Å². The number of ether oxygens (including phenoxy) is 3. The molecular formula is C23H22ClNO4. The van der Waals surface area contributed by atoms with E-state index >= 15 is 0 Å². The van der Waals surface area contributed by atoms with E-state index in [1.165, 1.54) is 0 Å². The molecule has 0 atom stereocenters. The second-order valence-electron chi connectivity index (χ2n) is 6.37. The zero-order chi connectivity index (χ0) is 20.6. The lowest BCUT2D eigenvalue weighted by molar-refractivity contribution is 0.102. The van der Waals surface area contributed by atoms with E-state index in [1.807, 2.05) is 48.5 Å². The average molecular weight is 412 g/mol. The van der Waals surface area contributed by atoms with Crippen LogP contribution in [0.4, 0.5) is 5.69 Å². The van der Waals surface area contributed by atoms with Gasteiger partial charge in [0, 0.05) is 23.4 Å². The van der Waals surface area contributed by atoms with E-state index in [4.69, 9.17) is 25.8 Å². The van der Waals surface area contributed by atoms with Crippen molar-refractivity contribution in [3.05, 3.63) is 88.4 Å². The highest BCUT2D eigenvalue weighted by Crippen LogP contribution is 2.29. The van der Waals surface area contributed by atoms with Crippen molar-refractivity contribution < 1.29 is 19.0 Å². The second-order valence-corrected chi connectivity index (χ2v) is 6.80. The Balaban J connectivity index is 1.69. The summed E-state index contributed by atoms with van der Waals surface area (Å²) in [7, 11) is 3.18. The molecule has 0 heterocycles. The Morgan fingerprint density at radius 3 is 2.41 bits per heavy atom. The first-order valence-corrected chi connectivity index (χ1v) is 9.41. The van der Waals surface area contributed by atoms with Gasteiger partial charge in [0.25, 0.3) is 5.91 Å². The zero-order valence-electron chi connectivity index (χ0n) is 16.3. The standard InChI is InChI=1S/C23H22ClNO4/c1-27-14-17-4-3-5-20(12-17)25-23(26)18-8-11-21(22(13-18)28-2)29-15-16-6-9-19(24)10-7-16/h3-13H,14-15H2,1-2H3,(H,25,26). The molecule has 0 spiro atoms. The lowest BCUT2D eigenvalue weighted by Gasteiger charge is -2.13. The van der Waals surface area contributed by atoms with Gasteiger partial charge in [-0.05, 0) is 53.6 Å². The molecule has 1 amide bonds. The van der Waals surface area contributed by atoms with Crippen LogP contribution >= 0.6 is 11.6 Å². The molecule has 3 aromatic rings. The van der Waals surface area contributed by atoms with Crippen LogP contribution in [0.3, 0.4) is 0 Å². The van der Waals surface area contributed by atoms with Crippen molar-refractivity contribution in [2.24, 2.45) is 0 Å². The number of amides is 1. The quantitative estimate of drug-likeness (QED) is 0.544. The zero-order valence-corrected chi connectivity index (χ0v) is 17.0. The molecule has 5 nitrogen and oxygen atoms in total. The van der Waals surface area contributed by atoms with Gasteiger partial charge in [0.15, 0.2) is 11.5 Å². The average Bonchev–Trinajstić information content (AvgIpc) is 2.73. The van der Waals surface area contributed by atoms with Crippen molar-refractivity contribution in [3.8, 4) is 11.5 Å². The maximum Gasteiger partial charge on any atom is 0.255 e. The molecular weight excluding hydrogens is 390 g/mol. The fourth-order valence-electron chi connectivity index (χ4n) is 2.78. The first kappa shape index (κ1) is 20.7. The van der Waals surface area contributed by atoms with Crippen molar-refractivity contribution in [1.82, 2.24) is 0 Å². The summed E-state index contributed by atoms with van der Waals surface area (Å²) in [5, 5.41) is 3.56. The van der Waals surface area contributed by atoms with Crippen molar-refractivity contribution in [2.75, 3.05) is 19.5 Å². The normalized spacial score (nSPS) is 10.4. The Hall–Kier alpha value is -3.02. The van der Waals surface area contributed by atoms with E-state index in [-0.39, 0.29) is 5.91 Å². The van der Waals surface area contributed by atoms with Gasteiger partial charge in [-0.3, -0.25) is 4.79 Å². The summed E-state index contributed by atoms with van der Waals surface area (Å²) in [5.74, 6) is 0.808. The molecule has 1 N–H and O–H groups in total. The summed E-state index contributed by atoms with van der Waals surface area (Å²) in [6.45, 7) is 0.850. The van der Waals surface area contributed by atoms with E-state index in [2.05, 4.69) is 5.32 Å². The third kappa shape index (κ3) is 5.73. The first-order valence-electron chi connectivity index (χ1n) is 9.03. The molecule has 0 unspecified atom stereocenters. The van der Waals surface area contributed by atoms with Gasteiger partial charge in [0.2, 0.25) is 0 Å². The van der Waals surface area contributed by atoms with Gasteiger partial charge in [-0.25, -0.2) is 0 Å². The molecule has 0 radical (unpaired) electrons. The first-order chi connectivity index (χ1) is 14.1. The van der Waals surface area contributed by atoms with Crippen LogP contribution in [0.25, 0.3) is 0 Å². The smallest absolute Gasteiger partial charge is 0.255 e. The lowest BCUT2D eigenvalue weighted by atomic mass is 10.1. The Kier molecular flexibility index (Phi) is 7.11. The molecule has 0 aromatic heterocycles. The van der Waals surface area contributed by atoms with Crippen LogP contribution in [0.5, 0.6) is 11.5 Å². The number of rotatable bonds is 8. The summed E-state index contributed by atoms with van der Waals surface area (Å²) < 4.78 is 16.4. The molecule has 0 aliphatic carbocycles. The van der Waals surface area contributed by atoms with Gasteiger partial charge in [-0.1, -0.05) is 35.9 Å². The Bertz CT molecular complexity index is 973.